The quantitative estimate of drug-likeness (QED) is 0.649. The molecule has 19 heavy (non-hydrogen) atoms. The average molecular weight is 273 g/mol. The van der Waals surface area contributed by atoms with Gasteiger partial charge >= 0.3 is 0 Å². The van der Waals surface area contributed by atoms with E-state index in [1.807, 2.05) is 48.5 Å². The second-order valence-corrected chi connectivity index (χ2v) is 5.35. The van der Waals surface area contributed by atoms with Gasteiger partial charge in [-0.25, -0.2) is 0 Å². The molecule has 1 N–H and O–H groups in total. The molecule has 2 aromatic carbocycles. The van der Waals surface area contributed by atoms with Crippen LogP contribution < -0.4 is 4.72 Å². The van der Waals surface area contributed by atoms with Crippen molar-refractivity contribution in [2.24, 2.45) is 0 Å². The van der Waals surface area contributed by atoms with Gasteiger partial charge in [-0.3, -0.25) is 4.79 Å². The minimum Gasteiger partial charge on any atom is -0.598 e. The number of carbonyl (C=O) groups is 1. The maximum Gasteiger partial charge on any atom is 0.181 e. The molecule has 0 aromatic heterocycles. The van der Waals surface area contributed by atoms with E-state index in [0.29, 0.717) is 11.3 Å². The molecule has 2 rings (SSSR count). The Morgan fingerprint density at radius 1 is 1.00 bits per heavy atom. The van der Waals surface area contributed by atoms with Crippen molar-refractivity contribution >= 4 is 17.1 Å². The summed E-state index contributed by atoms with van der Waals surface area (Å²) in [4.78, 5) is 11.8. The molecule has 1 atom stereocenters. The van der Waals surface area contributed by atoms with Gasteiger partial charge in [0.25, 0.3) is 0 Å². The van der Waals surface area contributed by atoms with Crippen LogP contribution in [0, 0.1) is 0 Å². The predicted molar refractivity (Wildman–Crippen MR) is 77.1 cm³/mol. The molecule has 0 heterocycles. The number of hydrogen-bond donors (Lipinski definition) is 1. The van der Waals surface area contributed by atoms with Crippen molar-refractivity contribution in [2.75, 3.05) is 6.54 Å². The molecule has 3 nitrogen and oxygen atoms in total. The zero-order valence-corrected chi connectivity index (χ0v) is 11.2. The highest BCUT2D eigenvalue weighted by atomic mass is 32.2. The maximum absolute atomic E-state index is 11.8. The van der Waals surface area contributed by atoms with Crippen LogP contribution in [0.15, 0.2) is 60.7 Å². The van der Waals surface area contributed by atoms with E-state index in [1.165, 1.54) is 0 Å². The molecule has 4 heteroatoms. The zero-order chi connectivity index (χ0) is 13.5. The van der Waals surface area contributed by atoms with E-state index < -0.39 is 11.4 Å². The summed E-state index contributed by atoms with van der Waals surface area (Å²) in [6.07, 6.45) is 0. The lowest BCUT2D eigenvalue weighted by atomic mass is 10.1. The van der Waals surface area contributed by atoms with E-state index in [4.69, 9.17) is 0 Å². The van der Waals surface area contributed by atoms with Crippen LogP contribution in [-0.4, -0.2) is 16.9 Å². The largest absolute Gasteiger partial charge is 0.598 e. The third kappa shape index (κ3) is 4.52. The van der Waals surface area contributed by atoms with Crippen molar-refractivity contribution in [3.05, 3.63) is 71.8 Å². The van der Waals surface area contributed by atoms with Crippen molar-refractivity contribution in [3.63, 3.8) is 0 Å². The molecule has 0 aliphatic rings. The second-order valence-electron chi connectivity index (χ2n) is 4.09. The number of rotatable bonds is 6. The summed E-state index contributed by atoms with van der Waals surface area (Å²) in [6, 6.07) is 18.5. The Morgan fingerprint density at radius 2 is 1.58 bits per heavy atom. The van der Waals surface area contributed by atoms with E-state index in [1.54, 1.807) is 12.1 Å². The summed E-state index contributed by atoms with van der Waals surface area (Å²) in [7, 11) is 0. The molecule has 2 aromatic rings. The smallest absolute Gasteiger partial charge is 0.181 e. The molecule has 0 amide bonds. The standard InChI is InChI=1S/C15H15NO2S/c17-15(14-9-5-2-6-10-14)11-16-19(18)12-13-7-3-1-4-8-13/h1-10,16H,11-12H2. The number of Topliss-reactive ketones (excluding diaryl/α,β-unsaturated/α-hetero) is 1. The third-order valence-corrected chi connectivity index (χ3v) is 3.69. The van der Waals surface area contributed by atoms with Gasteiger partial charge in [-0.15, -0.1) is 4.72 Å². The lowest BCUT2D eigenvalue weighted by Crippen LogP contribution is -2.30. The van der Waals surface area contributed by atoms with Crippen molar-refractivity contribution in [3.8, 4) is 0 Å². The average Bonchev–Trinajstić information content (AvgIpc) is 2.47. The van der Waals surface area contributed by atoms with Gasteiger partial charge in [0.15, 0.2) is 11.5 Å². The van der Waals surface area contributed by atoms with Crippen LogP contribution >= 0.6 is 0 Å². The minimum atomic E-state index is -1.24. The minimum absolute atomic E-state index is 0.0537. The molecule has 0 aliphatic heterocycles. The predicted octanol–water partition coefficient (Wildman–Crippen LogP) is 2.32. The normalized spacial score (nSPS) is 12.1. The van der Waals surface area contributed by atoms with Crippen molar-refractivity contribution < 1.29 is 9.35 Å². The summed E-state index contributed by atoms with van der Waals surface area (Å²) in [5.41, 5.74) is 1.62. The van der Waals surface area contributed by atoms with Crippen LogP contribution in [0.2, 0.25) is 0 Å². The van der Waals surface area contributed by atoms with Crippen LogP contribution in [0.1, 0.15) is 15.9 Å². The first-order chi connectivity index (χ1) is 9.25. The Hall–Kier alpha value is -1.62. The maximum atomic E-state index is 11.8. The Kier molecular flexibility index (Phi) is 5.15. The molecule has 0 aliphatic carbocycles. The Balaban J connectivity index is 1.81. The summed E-state index contributed by atoms with van der Waals surface area (Å²) in [5, 5.41) is 0. The summed E-state index contributed by atoms with van der Waals surface area (Å²) < 4.78 is 14.5. The Morgan fingerprint density at radius 3 is 2.21 bits per heavy atom. The monoisotopic (exact) mass is 273 g/mol. The van der Waals surface area contributed by atoms with Crippen molar-refractivity contribution in [1.29, 1.82) is 0 Å². The first-order valence-corrected chi connectivity index (χ1v) is 7.31. The van der Waals surface area contributed by atoms with Gasteiger partial charge in [-0.05, 0) is 0 Å². The summed E-state index contributed by atoms with van der Waals surface area (Å²) in [6.45, 7) is 0.0868. The first kappa shape index (κ1) is 13.8. The molecule has 0 spiro atoms. The number of carbonyl (C=O) groups excluding carboxylic acids is 1. The number of hydrogen-bond acceptors (Lipinski definition) is 3. The molecule has 0 saturated heterocycles. The molecule has 0 radical (unpaired) electrons. The zero-order valence-electron chi connectivity index (χ0n) is 10.4. The topological polar surface area (TPSA) is 52.2 Å². The highest BCUT2D eigenvalue weighted by Crippen LogP contribution is 2.04. The highest BCUT2D eigenvalue weighted by Gasteiger charge is 2.11. The van der Waals surface area contributed by atoms with E-state index >= 15 is 0 Å². The van der Waals surface area contributed by atoms with Gasteiger partial charge < -0.3 is 4.55 Å². The van der Waals surface area contributed by atoms with Gasteiger partial charge in [0.2, 0.25) is 0 Å². The number of nitrogens with one attached hydrogen (secondary N) is 1. The van der Waals surface area contributed by atoms with Gasteiger partial charge in [-0.1, -0.05) is 60.7 Å². The molecule has 0 bridgehead atoms. The van der Waals surface area contributed by atoms with Crippen LogP contribution in [0.5, 0.6) is 0 Å². The summed E-state index contributed by atoms with van der Waals surface area (Å²) >= 11 is -1.24. The highest BCUT2D eigenvalue weighted by molar-refractivity contribution is 7.88. The third-order valence-electron chi connectivity index (χ3n) is 2.63. The van der Waals surface area contributed by atoms with Crippen LogP contribution in [0.25, 0.3) is 0 Å². The van der Waals surface area contributed by atoms with Crippen LogP contribution in [0.4, 0.5) is 0 Å². The van der Waals surface area contributed by atoms with E-state index in [2.05, 4.69) is 4.72 Å². The fourth-order valence-corrected chi connectivity index (χ4v) is 2.54. The van der Waals surface area contributed by atoms with Crippen molar-refractivity contribution in [2.45, 2.75) is 5.75 Å². The number of ketones is 1. The number of benzene rings is 2. The molecule has 0 saturated carbocycles. The van der Waals surface area contributed by atoms with E-state index in [0.717, 1.165) is 5.56 Å². The SMILES string of the molecule is O=C(CN[S+]([O-])Cc1ccccc1)c1ccccc1. The van der Waals surface area contributed by atoms with Gasteiger partial charge in [0.1, 0.15) is 6.54 Å². The van der Waals surface area contributed by atoms with E-state index in [9.17, 15) is 9.35 Å². The first-order valence-electron chi connectivity index (χ1n) is 6.00. The summed E-state index contributed by atoms with van der Waals surface area (Å²) in [5.74, 6) is 0.352. The second kappa shape index (κ2) is 7.09. The fraction of sp³-hybridized carbons (Fsp3) is 0.133. The lowest BCUT2D eigenvalue weighted by molar-refractivity contribution is 0.0997. The molecular weight excluding hydrogens is 258 g/mol. The van der Waals surface area contributed by atoms with Gasteiger partial charge in [0.05, 0.1) is 0 Å². The lowest BCUT2D eigenvalue weighted by Gasteiger charge is -2.10. The Labute approximate surface area is 116 Å². The van der Waals surface area contributed by atoms with Crippen LogP contribution in [0.3, 0.4) is 0 Å². The molecule has 1 unspecified atom stereocenters. The van der Waals surface area contributed by atoms with Crippen LogP contribution in [-0.2, 0) is 17.1 Å². The molecule has 0 fully saturated rings. The van der Waals surface area contributed by atoms with Crippen molar-refractivity contribution in [1.82, 2.24) is 4.72 Å². The molecule has 98 valence electrons. The van der Waals surface area contributed by atoms with Gasteiger partial charge in [-0.2, -0.15) is 0 Å². The Bertz CT molecular complexity index is 516. The van der Waals surface area contributed by atoms with Gasteiger partial charge in [0, 0.05) is 22.5 Å². The van der Waals surface area contributed by atoms with E-state index in [-0.39, 0.29) is 12.3 Å². The molecular formula is C15H15NO2S. The fourth-order valence-electron chi connectivity index (χ4n) is 1.65.